The van der Waals surface area contributed by atoms with Crippen LogP contribution in [0.1, 0.15) is 13.3 Å². The molecule has 2 aliphatic carbocycles. The van der Waals surface area contributed by atoms with Gasteiger partial charge in [-0.1, -0.05) is 37.6 Å². The largest absolute Gasteiger partial charge is 4.00 e. The predicted octanol–water partition coefficient (Wildman–Crippen LogP) is -0.974. The Balaban J connectivity index is 0.000000960. The summed E-state index contributed by atoms with van der Waals surface area (Å²) in [5, 5.41) is 4.41. The maximum Gasteiger partial charge on any atom is 4.00 e. The molecule has 4 atom stereocenters. The fraction of sp³-hybridized carbons (Fsp3) is 0.300. The van der Waals surface area contributed by atoms with Gasteiger partial charge in [-0.3, -0.25) is 0 Å². The van der Waals surface area contributed by atoms with Gasteiger partial charge < -0.3 is 15.8 Å². The van der Waals surface area contributed by atoms with E-state index in [1.54, 1.807) is 5.30 Å². The maximum absolute atomic E-state index is 2.64. The first-order valence-corrected chi connectivity index (χ1v) is 9.57. The van der Waals surface area contributed by atoms with Crippen molar-refractivity contribution in [1.82, 2.24) is 0 Å². The fourth-order valence-electron chi connectivity index (χ4n) is 3.87. The van der Waals surface area contributed by atoms with E-state index < -0.39 is 0 Å². The van der Waals surface area contributed by atoms with Gasteiger partial charge in [-0.25, -0.2) is 0 Å². The molecule has 0 bridgehead atoms. The Hall–Kier alpha value is -0.517. The molecule has 0 aliphatic heterocycles. The Morgan fingerprint density at radius 2 is 1.88 bits per heavy atom. The summed E-state index contributed by atoms with van der Waals surface area (Å²) in [6, 6.07) is 13.6. The molecular formula is C20H21F2PZr. The topological polar surface area (TPSA) is 0 Å². The Bertz CT molecular complexity index is 653. The van der Waals surface area contributed by atoms with E-state index in [-0.39, 0.29) is 43.5 Å². The first kappa shape index (κ1) is 21.5. The van der Waals surface area contributed by atoms with Gasteiger partial charge in [-0.2, -0.15) is 6.07 Å². The molecule has 0 amide bonds. The van der Waals surface area contributed by atoms with Gasteiger partial charge in [0.1, 0.15) is 0 Å². The van der Waals surface area contributed by atoms with E-state index in [2.05, 4.69) is 74.0 Å². The van der Waals surface area contributed by atoms with Crippen molar-refractivity contribution in [3.63, 3.8) is 0 Å². The minimum absolute atomic E-state index is 0. The summed E-state index contributed by atoms with van der Waals surface area (Å²) in [5.41, 5.74) is 0.782. The van der Waals surface area contributed by atoms with Crippen LogP contribution in [0, 0.1) is 18.3 Å². The van der Waals surface area contributed by atoms with E-state index in [1.807, 2.05) is 0 Å². The Morgan fingerprint density at radius 1 is 1.12 bits per heavy atom. The van der Waals surface area contributed by atoms with Crippen molar-refractivity contribution in [1.29, 1.82) is 0 Å². The van der Waals surface area contributed by atoms with Gasteiger partial charge in [0.05, 0.1) is 0 Å². The maximum atomic E-state index is 2.64. The van der Waals surface area contributed by atoms with Crippen LogP contribution in [0.4, 0.5) is 0 Å². The normalized spacial score (nSPS) is 25.3. The van der Waals surface area contributed by atoms with Crippen LogP contribution < -0.4 is 14.7 Å². The molecule has 4 rings (SSSR count). The second-order valence-electron chi connectivity index (χ2n) is 6.13. The number of rotatable bonds is 3. The van der Waals surface area contributed by atoms with E-state index in [1.165, 1.54) is 23.4 Å². The Morgan fingerprint density at radius 3 is 2.58 bits per heavy atom. The summed E-state index contributed by atoms with van der Waals surface area (Å²) in [5.74, 6) is 1.43. The molecule has 2 aromatic carbocycles. The van der Waals surface area contributed by atoms with Gasteiger partial charge in [0.15, 0.2) is 0 Å². The number of halogens is 2. The first-order chi connectivity index (χ1) is 10.3. The third-order valence-electron chi connectivity index (χ3n) is 4.93. The molecule has 2 aromatic rings. The van der Waals surface area contributed by atoms with Crippen LogP contribution in [0.5, 0.6) is 0 Å². The van der Waals surface area contributed by atoms with Crippen molar-refractivity contribution in [3.8, 4) is 0 Å². The van der Waals surface area contributed by atoms with Crippen molar-refractivity contribution in [2.45, 2.75) is 19.0 Å². The minimum atomic E-state index is -0.0617. The van der Waals surface area contributed by atoms with Gasteiger partial charge in [-0.15, -0.1) is 65.9 Å². The van der Waals surface area contributed by atoms with E-state index in [9.17, 15) is 0 Å². The fourth-order valence-corrected chi connectivity index (χ4v) is 6.60. The van der Waals surface area contributed by atoms with Crippen molar-refractivity contribution in [2.24, 2.45) is 11.8 Å². The number of hydrogen-bond acceptors (Lipinski definition) is 0. The van der Waals surface area contributed by atoms with Crippen LogP contribution in [0.25, 0.3) is 10.8 Å². The average Bonchev–Trinajstić information content (AvgIpc) is 3.11. The molecule has 0 saturated heterocycles. The van der Waals surface area contributed by atoms with E-state index in [0.29, 0.717) is 5.92 Å². The van der Waals surface area contributed by atoms with Gasteiger partial charge in [-0.05, 0) is 12.1 Å². The van der Waals surface area contributed by atoms with E-state index >= 15 is 0 Å². The summed E-state index contributed by atoms with van der Waals surface area (Å²) < 4.78 is 0. The molecule has 0 heterocycles. The second-order valence-corrected chi connectivity index (χ2v) is 8.89. The molecule has 0 aromatic heterocycles. The van der Waals surface area contributed by atoms with Crippen LogP contribution in [-0.4, -0.2) is 11.8 Å². The van der Waals surface area contributed by atoms with Crippen molar-refractivity contribution in [2.75, 3.05) is 6.16 Å². The second kappa shape index (κ2) is 9.26. The molecule has 0 spiro atoms. The molecular weight excluding hydrogens is 400 g/mol. The zero-order valence-corrected chi connectivity index (χ0v) is 17.1. The molecule has 1 saturated carbocycles. The van der Waals surface area contributed by atoms with E-state index in [4.69, 9.17) is 0 Å². The predicted molar refractivity (Wildman–Crippen MR) is 94.6 cm³/mol. The Kier molecular flexibility index (Phi) is 8.30. The zero-order chi connectivity index (χ0) is 14.2. The van der Waals surface area contributed by atoms with Crippen LogP contribution in [0.2, 0.25) is 0 Å². The monoisotopic (exact) mass is 420 g/mol. The van der Waals surface area contributed by atoms with Gasteiger partial charge >= 0.3 is 26.2 Å². The number of fused-ring (bicyclic) bond motifs is 2. The SMILES string of the molecule is CCP(c1cc2ccccc2[cH-]1)C1[CH-]C2C=CC=CC2C1.[F-].[F-].[Zr+4]. The van der Waals surface area contributed by atoms with E-state index in [0.717, 1.165) is 11.6 Å². The number of benzene rings is 1. The average molecular weight is 422 g/mol. The molecule has 2 aliphatic rings. The zero-order valence-electron chi connectivity index (χ0n) is 13.7. The molecule has 24 heavy (non-hydrogen) atoms. The smallest absolute Gasteiger partial charge is 1.00 e. The molecule has 0 N–H and O–H groups in total. The summed E-state index contributed by atoms with van der Waals surface area (Å²) in [4.78, 5) is 0. The van der Waals surface area contributed by atoms with Gasteiger partial charge in [0, 0.05) is 0 Å². The van der Waals surface area contributed by atoms with Crippen molar-refractivity contribution >= 4 is 24.0 Å². The van der Waals surface area contributed by atoms with Gasteiger partial charge in [0.25, 0.3) is 0 Å². The van der Waals surface area contributed by atoms with Crippen LogP contribution in [0.3, 0.4) is 0 Å². The van der Waals surface area contributed by atoms with Crippen molar-refractivity contribution < 1.29 is 35.6 Å². The summed E-state index contributed by atoms with van der Waals surface area (Å²) in [7, 11) is -0.0617. The minimum Gasteiger partial charge on any atom is -1.00 e. The quantitative estimate of drug-likeness (QED) is 0.442. The first-order valence-electron chi connectivity index (χ1n) is 7.97. The van der Waals surface area contributed by atoms with Crippen LogP contribution in [-0.2, 0) is 26.2 Å². The van der Waals surface area contributed by atoms with Crippen molar-refractivity contribution in [3.05, 3.63) is 67.1 Å². The molecule has 124 valence electrons. The molecule has 1 fully saturated rings. The number of hydrogen-bond donors (Lipinski definition) is 0. The summed E-state index contributed by atoms with van der Waals surface area (Å²) >= 11 is 0. The summed E-state index contributed by atoms with van der Waals surface area (Å²) in [6.45, 7) is 2.37. The third kappa shape index (κ3) is 4.00. The standard InChI is InChI=1S/C20H21P.2FH.Zr/c1-2-21(19-11-15-7-3-4-8-16(15)12-19)20-13-17-9-5-6-10-18(17)14-20;;;/h3-13,17-18,20H,2,14H2,1H3;2*1H;/q-2;;;+4/p-2. The molecule has 4 heteroatoms. The molecule has 4 unspecified atom stereocenters. The number of allylic oxidation sites excluding steroid dienone is 4. The summed E-state index contributed by atoms with van der Waals surface area (Å²) in [6.07, 6.45) is 14.5. The van der Waals surface area contributed by atoms with Crippen LogP contribution in [0.15, 0.2) is 60.7 Å². The molecule has 0 radical (unpaired) electrons. The van der Waals surface area contributed by atoms with Crippen LogP contribution >= 0.6 is 7.92 Å². The molecule has 0 nitrogen and oxygen atoms in total. The Labute approximate surface area is 163 Å². The third-order valence-corrected chi connectivity index (χ3v) is 7.72. The van der Waals surface area contributed by atoms with Gasteiger partial charge in [0.2, 0.25) is 0 Å².